The minimum Gasteiger partial charge on any atom is -0.357 e. The van der Waals surface area contributed by atoms with Crippen molar-refractivity contribution in [1.82, 2.24) is 20.5 Å². The molecule has 0 saturated carbocycles. The summed E-state index contributed by atoms with van der Waals surface area (Å²) in [6.07, 6.45) is 4.86. The predicted octanol–water partition coefficient (Wildman–Crippen LogP) is 2.81. The molecule has 1 heterocycles. The van der Waals surface area contributed by atoms with Crippen LogP contribution >= 0.6 is 35.3 Å². The molecule has 1 aliphatic carbocycles. The Morgan fingerprint density at radius 1 is 1.31 bits per heavy atom. The van der Waals surface area contributed by atoms with Gasteiger partial charge in [0, 0.05) is 30.9 Å². The lowest BCUT2D eigenvalue weighted by Gasteiger charge is -2.21. The molecule has 0 radical (unpaired) electrons. The van der Waals surface area contributed by atoms with Gasteiger partial charge < -0.3 is 15.5 Å². The van der Waals surface area contributed by atoms with E-state index >= 15 is 0 Å². The number of fused-ring (bicyclic) bond motifs is 1. The van der Waals surface area contributed by atoms with Gasteiger partial charge in [-0.25, -0.2) is 4.98 Å². The van der Waals surface area contributed by atoms with Gasteiger partial charge in [0.2, 0.25) is 5.91 Å². The van der Waals surface area contributed by atoms with Gasteiger partial charge in [0.25, 0.3) is 0 Å². The summed E-state index contributed by atoms with van der Waals surface area (Å²) >= 11 is 1.84. The quantitative estimate of drug-likeness (QED) is 0.265. The van der Waals surface area contributed by atoms with E-state index in [9.17, 15) is 4.79 Å². The summed E-state index contributed by atoms with van der Waals surface area (Å²) in [5.41, 5.74) is 1.30. The number of halogens is 1. The summed E-state index contributed by atoms with van der Waals surface area (Å²) < 4.78 is 0. The van der Waals surface area contributed by atoms with Crippen LogP contribution in [0.3, 0.4) is 0 Å². The molecule has 1 aliphatic rings. The normalized spacial score (nSPS) is 13.8. The third kappa shape index (κ3) is 7.02. The van der Waals surface area contributed by atoms with Crippen molar-refractivity contribution >= 4 is 47.2 Å². The van der Waals surface area contributed by atoms with Crippen LogP contribution in [0.1, 0.15) is 49.2 Å². The molecule has 26 heavy (non-hydrogen) atoms. The lowest BCUT2D eigenvalue weighted by molar-refractivity contribution is -0.123. The number of nitrogens with one attached hydrogen (secondary N) is 2. The van der Waals surface area contributed by atoms with Gasteiger partial charge in [-0.05, 0) is 32.6 Å². The monoisotopic (exact) mass is 493 g/mol. The highest BCUT2D eigenvalue weighted by Gasteiger charge is 2.16. The fourth-order valence-electron chi connectivity index (χ4n) is 2.77. The van der Waals surface area contributed by atoms with Crippen LogP contribution in [-0.2, 0) is 24.2 Å². The van der Waals surface area contributed by atoms with Crippen LogP contribution in [0.2, 0.25) is 0 Å². The Balaban J connectivity index is 0.00000338. The number of hydrogen-bond acceptors (Lipinski definition) is 4. The summed E-state index contributed by atoms with van der Waals surface area (Å²) in [5, 5.41) is 7.37. The number of carbonyl (C=O) groups excluding carboxylic acids is 1. The largest absolute Gasteiger partial charge is 0.357 e. The minimum atomic E-state index is 0. The van der Waals surface area contributed by atoms with Crippen LogP contribution in [0.4, 0.5) is 0 Å². The summed E-state index contributed by atoms with van der Waals surface area (Å²) in [4.78, 5) is 24.6. The van der Waals surface area contributed by atoms with Crippen molar-refractivity contribution in [3.8, 4) is 0 Å². The van der Waals surface area contributed by atoms with E-state index in [-0.39, 0.29) is 35.8 Å². The van der Waals surface area contributed by atoms with Crippen molar-refractivity contribution in [3.63, 3.8) is 0 Å². The second-order valence-corrected chi connectivity index (χ2v) is 7.89. The summed E-state index contributed by atoms with van der Waals surface area (Å²) in [7, 11) is 2.04. The van der Waals surface area contributed by atoms with Crippen molar-refractivity contribution < 1.29 is 4.79 Å². The molecule has 1 amide bonds. The highest BCUT2D eigenvalue weighted by Crippen LogP contribution is 2.27. The van der Waals surface area contributed by atoms with E-state index < -0.39 is 0 Å². The van der Waals surface area contributed by atoms with E-state index in [1.807, 2.05) is 32.2 Å². The van der Waals surface area contributed by atoms with Crippen LogP contribution in [0.25, 0.3) is 0 Å². The Kier molecular flexibility index (Phi) is 10.4. The topological polar surface area (TPSA) is 69.6 Å². The van der Waals surface area contributed by atoms with Crippen LogP contribution in [0.15, 0.2) is 4.99 Å². The third-order valence-corrected chi connectivity index (χ3v) is 5.30. The molecule has 1 aromatic rings. The number of rotatable bonds is 7. The molecule has 8 heteroatoms. The summed E-state index contributed by atoms with van der Waals surface area (Å²) in [6, 6.07) is 0. The fraction of sp³-hybridized carbons (Fsp3) is 0.722. The van der Waals surface area contributed by atoms with Gasteiger partial charge >= 0.3 is 0 Å². The molecular formula is C18H32IN5OS. The number of carbonyl (C=O) groups is 1. The van der Waals surface area contributed by atoms with E-state index in [1.165, 1.54) is 29.8 Å². The van der Waals surface area contributed by atoms with Gasteiger partial charge in [0.05, 0.1) is 18.8 Å². The number of thiazole rings is 1. The van der Waals surface area contributed by atoms with Gasteiger partial charge in [0.15, 0.2) is 5.96 Å². The van der Waals surface area contributed by atoms with E-state index in [0.717, 1.165) is 30.5 Å². The molecule has 0 aliphatic heterocycles. The van der Waals surface area contributed by atoms with Crippen molar-refractivity contribution in [2.45, 2.75) is 53.0 Å². The molecule has 0 spiro atoms. The van der Waals surface area contributed by atoms with Crippen molar-refractivity contribution in [2.75, 3.05) is 26.7 Å². The fourth-order valence-corrected chi connectivity index (χ4v) is 3.98. The van der Waals surface area contributed by atoms with Crippen molar-refractivity contribution in [2.24, 2.45) is 10.9 Å². The Bertz CT molecular complexity index is 579. The maximum atomic E-state index is 11.6. The smallest absolute Gasteiger partial charge is 0.222 e. The standard InChI is InChI=1S/C18H31N5OS.HI/c1-5-19-18(21-11-10-20-17(24)13(2)3)23(4)12-16-22-14-8-6-7-9-15(14)25-16;/h13H,5-12H2,1-4H3,(H,19,21)(H,20,24);1H. The second kappa shape index (κ2) is 11.7. The Labute approximate surface area is 178 Å². The highest BCUT2D eigenvalue weighted by molar-refractivity contribution is 14.0. The number of nitrogens with zero attached hydrogens (tertiary/aromatic N) is 3. The van der Waals surface area contributed by atoms with Gasteiger partial charge in [-0.1, -0.05) is 13.8 Å². The molecule has 2 N–H and O–H groups in total. The van der Waals surface area contributed by atoms with Crippen LogP contribution < -0.4 is 10.6 Å². The Morgan fingerprint density at radius 2 is 2.04 bits per heavy atom. The molecule has 148 valence electrons. The highest BCUT2D eigenvalue weighted by atomic mass is 127. The Morgan fingerprint density at radius 3 is 2.69 bits per heavy atom. The number of aliphatic imine (C=N–C) groups is 1. The molecule has 0 fully saturated rings. The molecule has 0 aromatic carbocycles. The molecule has 1 aromatic heterocycles. The number of hydrogen-bond donors (Lipinski definition) is 2. The van der Waals surface area contributed by atoms with E-state index in [2.05, 4.69) is 27.4 Å². The summed E-state index contributed by atoms with van der Waals surface area (Å²) in [6.45, 7) is 8.56. The molecule has 0 bridgehead atoms. The first-order valence-electron chi connectivity index (χ1n) is 9.25. The maximum Gasteiger partial charge on any atom is 0.222 e. The molecule has 0 saturated heterocycles. The molecule has 2 rings (SSSR count). The zero-order chi connectivity index (χ0) is 18.2. The van der Waals surface area contributed by atoms with Crippen LogP contribution in [0, 0.1) is 5.92 Å². The lowest BCUT2D eigenvalue weighted by atomic mass is 10.0. The van der Waals surface area contributed by atoms with Gasteiger partial charge in [-0.2, -0.15) is 0 Å². The first kappa shape index (κ1) is 23.1. The number of guanidine groups is 1. The van der Waals surface area contributed by atoms with E-state index in [4.69, 9.17) is 4.98 Å². The van der Waals surface area contributed by atoms with Crippen molar-refractivity contribution in [1.29, 1.82) is 0 Å². The average Bonchev–Trinajstić information content (AvgIpc) is 2.99. The SMILES string of the molecule is CCNC(=NCCNC(=O)C(C)C)N(C)Cc1nc2c(s1)CCCC2.I. The first-order valence-corrected chi connectivity index (χ1v) is 10.1. The van der Waals surface area contributed by atoms with Gasteiger partial charge in [-0.3, -0.25) is 9.79 Å². The minimum absolute atomic E-state index is 0. The predicted molar refractivity (Wildman–Crippen MR) is 119 cm³/mol. The van der Waals surface area contributed by atoms with Crippen molar-refractivity contribution in [3.05, 3.63) is 15.6 Å². The summed E-state index contributed by atoms with van der Waals surface area (Å²) in [5.74, 6) is 0.937. The van der Waals surface area contributed by atoms with Crippen LogP contribution in [0.5, 0.6) is 0 Å². The molecular weight excluding hydrogens is 461 g/mol. The first-order chi connectivity index (χ1) is 12.0. The zero-order valence-electron chi connectivity index (χ0n) is 16.3. The molecule has 6 nitrogen and oxygen atoms in total. The number of amides is 1. The number of aryl methyl sites for hydroxylation is 2. The van der Waals surface area contributed by atoms with Gasteiger partial charge in [0.1, 0.15) is 5.01 Å². The second-order valence-electron chi connectivity index (χ2n) is 6.72. The van der Waals surface area contributed by atoms with E-state index in [1.54, 1.807) is 0 Å². The van der Waals surface area contributed by atoms with Crippen LogP contribution in [-0.4, -0.2) is 48.4 Å². The molecule has 0 unspecified atom stereocenters. The average molecular weight is 493 g/mol. The Hall–Kier alpha value is -0.900. The van der Waals surface area contributed by atoms with Gasteiger partial charge in [-0.15, -0.1) is 35.3 Å². The van der Waals surface area contributed by atoms with E-state index in [0.29, 0.717) is 13.1 Å². The maximum absolute atomic E-state index is 11.6. The third-order valence-electron chi connectivity index (χ3n) is 4.16. The zero-order valence-corrected chi connectivity index (χ0v) is 19.4. The lowest BCUT2D eigenvalue weighted by Crippen LogP contribution is -2.39. The molecule has 0 atom stereocenters. The number of aromatic nitrogens is 1.